The summed E-state index contributed by atoms with van der Waals surface area (Å²) < 4.78 is 5.87. The largest absolute Gasteiger partial charge is 0.380 e. The van der Waals surface area contributed by atoms with E-state index in [2.05, 4.69) is 45.2 Å². The number of piperidine rings is 1. The summed E-state index contributed by atoms with van der Waals surface area (Å²) in [5, 5.41) is 0. The second-order valence-electron chi connectivity index (χ2n) is 7.44. The van der Waals surface area contributed by atoms with Crippen LogP contribution in [-0.2, 0) is 11.3 Å². The number of aryl methyl sites for hydroxylation is 1. The molecule has 142 valence electrons. The molecule has 1 amide bonds. The van der Waals surface area contributed by atoms with Gasteiger partial charge in [-0.1, -0.05) is 30.3 Å². The van der Waals surface area contributed by atoms with Crippen LogP contribution in [0, 0.1) is 12.8 Å². The molecule has 0 N–H and O–H groups in total. The average Bonchev–Trinajstić information content (AvgIpc) is 2.90. The van der Waals surface area contributed by atoms with Crippen molar-refractivity contribution in [1.29, 1.82) is 0 Å². The molecule has 0 spiro atoms. The van der Waals surface area contributed by atoms with Gasteiger partial charge >= 0.3 is 0 Å². The van der Waals surface area contributed by atoms with E-state index in [0.29, 0.717) is 30.8 Å². The maximum atomic E-state index is 12.8. The minimum Gasteiger partial charge on any atom is -0.380 e. The molecule has 0 unspecified atom stereocenters. The first-order chi connectivity index (χ1) is 13.2. The van der Waals surface area contributed by atoms with Crippen LogP contribution in [0.5, 0.6) is 0 Å². The molecule has 2 atom stereocenters. The molecule has 0 radical (unpaired) electrons. The highest BCUT2D eigenvalue weighted by Crippen LogP contribution is 2.27. The highest BCUT2D eigenvalue weighted by Gasteiger charge is 2.37. The number of hydrogen-bond acceptors (Lipinski definition) is 5. The van der Waals surface area contributed by atoms with E-state index in [1.807, 2.05) is 11.8 Å². The third-order valence-corrected chi connectivity index (χ3v) is 5.53. The summed E-state index contributed by atoms with van der Waals surface area (Å²) in [6.45, 7) is 6.66. The number of likely N-dealkylation sites (tertiary alicyclic amines) is 1. The molecule has 2 saturated heterocycles. The number of rotatable bonds is 3. The molecular formula is C21H26N4O2. The molecule has 1 aromatic heterocycles. The zero-order valence-electron chi connectivity index (χ0n) is 15.8. The molecule has 0 bridgehead atoms. The lowest BCUT2D eigenvalue weighted by Crippen LogP contribution is -2.52. The van der Waals surface area contributed by atoms with Gasteiger partial charge in [0.2, 0.25) is 0 Å². The van der Waals surface area contributed by atoms with Gasteiger partial charge in [-0.15, -0.1) is 0 Å². The summed E-state index contributed by atoms with van der Waals surface area (Å²) in [5.74, 6) is 0.298. The molecule has 2 aromatic rings. The van der Waals surface area contributed by atoms with Crippen LogP contribution in [-0.4, -0.2) is 64.6 Å². The fourth-order valence-electron chi connectivity index (χ4n) is 4.11. The standard InChI is InChI=1S/C21H26N4O2/c1-16-11-23-19(12-22-16)21(26)25-8-7-20-18(14-25)15-27-10-9-24(20)13-17-5-3-2-4-6-17/h2-6,11-12,18,20H,7-10,13-15H2,1H3/t18-,20-/m1/s1. The van der Waals surface area contributed by atoms with Crippen molar-refractivity contribution in [1.82, 2.24) is 19.8 Å². The Morgan fingerprint density at radius 3 is 2.81 bits per heavy atom. The minimum atomic E-state index is -0.0280. The fourth-order valence-corrected chi connectivity index (χ4v) is 4.11. The summed E-state index contributed by atoms with van der Waals surface area (Å²) in [6, 6.07) is 11.0. The first kappa shape index (κ1) is 18.1. The smallest absolute Gasteiger partial charge is 0.274 e. The molecule has 6 heteroatoms. The number of nitrogens with zero attached hydrogens (tertiary/aromatic N) is 4. The van der Waals surface area contributed by atoms with Gasteiger partial charge in [-0.05, 0) is 18.9 Å². The number of carbonyl (C=O) groups is 1. The normalized spacial score (nSPS) is 23.5. The second-order valence-corrected chi connectivity index (χ2v) is 7.44. The average molecular weight is 366 g/mol. The minimum absolute atomic E-state index is 0.0280. The highest BCUT2D eigenvalue weighted by molar-refractivity contribution is 5.92. The van der Waals surface area contributed by atoms with Gasteiger partial charge < -0.3 is 9.64 Å². The Hall–Kier alpha value is -2.31. The highest BCUT2D eigenvalue weighted by atomic mass is 16.5. The summed E-state index contributed by atoms with van der Waals surface area (Å²) >= 11 is 0. The van der Waals surface area contributed by atoms with Gasteiger partial charge in [-0.25, -0.2) is 4.98 Å². The molecule has 4 rings (SSSR count). The van der Waals surface area contributed by atoms with Crippen molar-refractivity contribution in [2.75, 3.05) is 32.8 Å². The van der Waals surface area contributed by atoms with Gasteiger partial charge in [0, 0.05) is 44.3 Å². The lowest BCUT2D eigenvalue weighted by Gasteiger charge is -2.42. The van der Waals surface area contributed by atoms with Crippen molar-refractivity contribution < 1.29 is 9.53 Å². The van der Waals surface area contributed by atoms with E-state index in [-0.39, 0.29) is 5.91 Å². The fraction of sp³-hybridized carbons (Fsp3) is 0.476. The van der Waals surface area contributed by atoms with Crippen molar-refractivity contribution in [3.05, 3.63) is 59.7 Å². The molecule has 2 aliphatic rings. The van der Waals surface area contributed by atoms with Gasteiger partial charge in [-0.3, -0.25) is 14.7 Å². The van der Waals surface area contributed by atoms with Crippen LogP contribution >= 0.6 is 0 Å². The number of fused-ring (bicyclic) bond motifs is 1. The van der Waals surface area contributed by atoms with E-state index < -0.39 is 0 Å². The molecule has 1 aromatic carbocycles. The quantitative estimate of drug-likeness (QED) is 0.833. The van der Waals surface area contributed by atoms with Crippen LogP contribution in [0.2, 0.25) is 0 Å². The number of ether oxygens (including phenoxy) is 1. The molecule has 27 heavy (non-hydrogen) atoms. The Labute approximate surface area is 160 Å². The Morgan fingerprint density at radius 1 is 1.19 bits per heavy atom. The Bertz CT molecular complexity index is 766. The predicted octanol–water partition coefficient (Wildman–Crippen LogP) is 2.15. The molecule has 2 fully saturated rings. The maximum absolute atomic E-state index is 12.8. The maximum Gasteiger partial charge on any atom is 0.274 e. The van der Waals surface area contributed by atoms with Crippen molar-refractivity contribution in [2.24, 2.45) is 5.92 Å². The van der Waals surface area contributed by atoms with Gasteiger partial charge in [-0.2, -0.15) is 0 Å². The van der Waals surface area contributed by atoms with Crippen molar-refractivity contribution >= 4 is 5.91 Å². The monoisotopic (exact) mass is 366 g/mol. The van der Waals surface area contributed by atoms with Crippen molar-refractivity contribution in [3.63, 3.8) is 0 Å². The van der Waals surface area contributed by atoms with E-state index in [0.717, 1.165) is 38.4 Å². The van der Waals surface area contributed by atoms with Crippen LogP contribution in [0.15, 0.2) is 42.7 Å². The van der Waals surface area contributed by atoms with Gasteiger partial charge in [0.1, 0.15) is 5.69 Å². The SMILES string of the molecule is Cc1cnc(C(=O)N2CC[C@@H]3[C@@H](COCCN3Cc3ccccc3)C2)cn1. The van der Waals surface area contributed by atoms with Crippen LogP contribution in [0.4, 0.5) is 0 Å². The van der Waals surface area contributed by atoms with Gasteiger partial charge in [0.25, 0.3) is 5.91 Å². The van der Waals surface area contributed by atoms with Crippen molar-refractivity contribution in [2.45, 2.75) is 25.9 Å². The Balaban J connectivity index is 1.45. The van der Waals surface area contributed by atoms with Crippen LogP contribution in [0.25, 0.3) is 0 Å². The van der Waals surface area contributed by atoms with Gasteiger partial charge in [0.05, 0.1) is 25.1 Å². The zero-order valence-corrected chi connectivity index (χ0v) is 15.8. The van der Waals surface area contributed by atoms with E-state index in [1.165, 1.54) is 5.56 Å². The number of benzene rings is 1. The first-order valence-corrected chi connectivity index (χ1v) is 9.64. The van der Waals surface area contributed by atoms with Gasteiger partial charge in [0.15, 0.2) is 0 Å². The van der Waals surface area contributed by atoms with Crippen molar-refractivity contribution in [3.8, 4) is 0 Å². The number of carbonyl (C=O) groups excluding carboxylic acids is 1. The van der Waals surface area contributed by atoms with E-state index in [4.69, 9.17) is 4.74 Å². The number of hydrogen-bond donors (Lipinski definition) is 0. The van der Waals surface area contributed by atoms with E-state index in [1.54, 1.807) is 12.4 Å². The lowest BCUT2D eigenvalue weighted by molar-refractivity contribution is 0.0366. The summed E-state index contributed by atoms with van der Waals surface area (Å²) in [7, 11) is 0. The predicted molar refractivity (Wildman–Crippen MR) is 102 cm³/mol. The summed E-state index contributed by atoms with van der Waals surface area (Å²) in [5.41, 5.74) is 2.57. The molecule has 0 aliphatic carbocycles. The number of aromatic nitrogens is 2. The molecule has 2 aliphatic heterocycles. The Morgan fingerprint density at radius 2 is 2.04 bits per heavy atom. The third kappa shape index (κ3) is 4.17. The van der Waals surface area contributed by atoms with Crippen LogP contribution in [0.1, 0.15) is 28.2 Å². The lowest BCUT2D eigenvalue weighted by atomic mass is 9.91. The topological polar surface area (TPSA) is 58.6 Å². The van der Waals surface area contributed by atoms with Crippen LogP contribution in [0.3, 0.4) is 0 Å². The second kappa shape index (κ2) is 8.15. The van der Waals surface area contributed by atoms with E-state index in [9.17, 15) is 4.79 Å². The first-order valence-electron chi connectivity index (χ1n) is 9.64. The van der Waals surface area contributed by atoms with Crippen LogP contribution < -0.4 is 0 Å². The molecule has 0 saturated carbocycles. The zero-order chi connectivity index (χ0) is 18.6. The Kier molecular flexibility index (Phi) is 5.45. The van der Waals surface area contributed by atoms with E-state index >= 15 is 0 Å². The number of amides is 1. The molecule has 6 nitrogen and oxygen atoms in total. The summed E-state index contributed by atoms with van der Waals surface area (Å²) in [6.07, 6.45) is 4.19. The molecular weight excluding hydrogens is 340 g/mol. The third-order valence-electron chi connectivity index (χ3n) is 5.53. The molecule has 3 heterocycles. The summed E-state index contributed by atoms with van der Waals surface area (Å²) in [4.78, 5) is 25.7.